The predicted octanol–water partition coefficient (Wildman–Crippen LogP) is 4.85. The van der Waals surface area contributed by atoms with Crippen LogP contribution in [0.3, 0.4) is 0 Å². The van der Waals surface area contributed by atoms with Crippen molar-refractivity contribution >= 4 is 29.1 Å². The van der Waals surface area contributed by atoms with E-state index in [1.807, 2.05) is 0 Å². The molecule has 0 fully saturated rings. The van der Waals surface area contributed by atoms with E-state index >= 15 is 0 Å². The van der Waals surface area contributed by atoms with Crippen LogP contribution in [0.1, 0.15) is 29.8 Å². The average molecular weight is 399 g/mol. The molecule has 0 radical (unpaired) electrons. The number of carbonyl (C=O) groups is 2. The zero-order chi connectivity index (χ0) is 20.2. The van der Waals surface area contributed by atoms with Gasteiger partial charge >= 0.3 is 6.18 Å². The molecule has 2 rings (SSSR count). The van der Waals surface area contributed by atoms with Crippen molar-refractivity contribution in [2.45, 2.75) is 26.1 Å². The molecular formula is C19H18ClF3N2O2. The first-order valence-electron chi connectivity index (χ1n) is 8.12. The summed E-state index contributed by atoms with van der Waals surface area (Å²) in [6, 6.07) is 10.6. The highest BCUT2D eigenvalue weighted by Crippen LogP contribution is 2.34. The zero-order valence-corrected chi connectivity index (χ0v) is 15.4. The van der Waals surface area contributed by atoms with Gasteiger partial charge in [0.2, 0.25) is 5.91 Å². The first-order chi connectivity index (χ1) is 12.6. The van der Waals surface area contributed by atoms with E-state index in [-0.39, 0.29) is 11.7 Å². The number of rotatable bonds is 5. The normalized spacial score (nSPS) is 11.4. The summed E-state index contributed by atoms with van der Waals surface area (Å²) in [4.78, 5) is 26.2. The Labute approximate surface area is 159 Å². The molecule has 4 nitrogen and oxygen atoms in total. The van der Waals surface area contributed by atoms with E-state index in [0.717, 1.165) is 6.07 Å². The van der Waals surface area contributed by atoms with E-state index in [9.17, 15) is 22.8 Å². The number of carbonyl (C=O) groups excluding carboxylic acids is 2. The van der Waals surface area contributed by atoms with Gasteiger partial charge in [0, 0.05) is 16.6 Å². The SMILES string of the molecule is CC(C)N(CC(=O)Nc1ccccc1C(F)(F)F)C(=O)c1cccc(Cl)c1. The van der Waals surface area contributed by atoms with Crippen molar-refractivity contribution < 1.29 is 22.8 Å². The lowest BCUT2D eigenvalue weighted by molar-refractivity contribution is -0.137. The van der Waals surface area contributed by atoms with Crippen molar-refractivity contribution in [1.29, 1.82) is 0 Å². The number of halogens is 4. The molecule has 0 aromatic heterocycles. The molecular weight excluding hydrogens is 381 g/mol. The van der Waals surface area contributed by atoms with Gasteiger partial charge in [-0.3, -0.25) is 9.59 Å². The number of nitrogens with zero attached hydrogens (tertiary/aromatic N) is 1. The Morgan fingerprint density at radius 1 is 1.11 bits per heavy atom. The van der Waals surface area contributed by atoms with Crippen LogP contribution in [-0.4, -0.2) is 29.3 Å². The molecule has 0 bridgehead atoms. The Balaban J connectivity index is 2.18. The number of hydrogen-bond donors (Lipinski definition) is 1. The van der Waals surface area contributed by atoms with Crippen LogP contribution in [0.5, 0.6) is 0 Å². The second-order valence-corrected chi connectivity index (χ2v) is 6.57. The summed E-state index contributed by atoms with van der Waals surface area (Å²) in [5, 5.41) is 2.61. The number of para-hydroxylation sites is 1. The summed E-state index contributed by atoms with van der Waals surface area (Å²) < 4.78 is 39.1. The van der Waals surface area contributed by atoms with Gasteiger partial charge in [0.1, 0.15) is 6.54 Å². The third-order valence-corrected chi connectivity index (χ3v) is 4.01. The molecule has 0 aliphatic heterocycles. The molecule has 0 spiro atoms. The molecule has 0 saturated carbocycles. The zero-order valence-electron chi connectivity index (χ0n) is 14.7. The maximum absolute atomic E-state index is 13.0. The van der Waals surface area contributed by atoms with Gasteiger partial charge in [0.05, 0.1) is 11.3 Å². The van der Waals surface area contributed by atoms with E-state index in [2.05, 4.69) is 5.32 Å². The van der Waals surface area contributed by atoms with Crippen LogP contribution in [0.4, 0.5) is 18.9 Å². The average Bonchev–Trinajstić information content (AvgIpc) is 2.58. The minimum absolute atomic E-state index is 0.291. The van der Waals surface area contributed by atoms with Gasteiger partial charge in [-0.25, -0.2) is 0 Å². The van der Waals surface area contributed by atoms with E-state index in [4.69, 9.17) is 11.6 Å². The molecule has 27 heavy (non-hydrogen) atoms. The monoisotopic (exact) mass is 398 g/mol. The van der Waals surface area contributed by atoms with Crippen LogP contribution in [0.15, 0.2) is 48.5 Å². The first kappa shape index (κ1) is 20.8. The maximum Gasteiger partial charge on any atom is 0.418 e. The number of alkyl halides is 3. The third-order valence-electron chi connectivity index (χ3n) is 3.78. The van der Waals surface area contributed by atoms with Gasteiger partial charge in [-0.15, -0.1) is 0 Å². The summed E-state index contributed by atoms with van der Waals surface area (Å²) >= 11 is 5.89. The lowest BCUT2D eigenvalue weighted by Crippen LogP contribution is -2.42. The molecule has 0 unspecified atom stereocenters. The minimum Gasteiger partial charge on any atom is -0.327 e. The van der Waals surface area contributed by atoms with E-state index in [1.165, 1.54) is 29.2 Å². The van der Waals surface area contributed by atoms with Crippen LogP contribution in [0.2, 0.25) is 5.02 Å². The molecule has 2 aromatic carbocycles. The molecule has 8 heteroatoms. The van der Waals surface area contributed by atoms with Crippen molar-refractivity contribution in [3.05, 3.63) is 64.7 Å². The molecule has 0 aliphatic rings. The molecule has 2 aromatic rings. The molecule has 144 valence electrons. The Morgan fingerprint density at radius 2 is 1.78 bits per heavy atom. The quantitative estimate of drug-likeness (QED) is 0.782. The predicted molar refractivity (Wildman–Crippen MR) is 97.7 cm³/mol. The minimum atomic E-state index is -4.60. The van der Waals surface area contributed by atoms with Crippen LogP contribution in [-0.2, 0) is 11.0 Å². The number of benzene rings is 2. The Kier molecular flexibility index (Phi) is 6.49. The van der Waals surface area contributed by atoms with E-state index in [0.29, 0.717) is 10.6 Å². The van der Waals surface area contributed by atoms with E-state index in [1.54, 1.807) is 32.0 Å². The molecule has 0 aliphatic carbocycles. The van der Waals surface area contributed by atoms with Crippen LogP contribution < -0.4 is 5.32 Å². The lowest BCUT2D eigenvalue weighted by atomic mass is 10.1. The smallest absolute Gasteiger partial charge is 0.327 e. The van der Waals surface area contributed by atoms with Gasteiger partial charge in [0.25, 0.3) is 5.91 Å². The Hall–Kier alpha value is -2.54. The summed E-state index contributed by atoms with van der Waals surface area (Å²) in [5.41, 5.74) is -1.01. The van der Waals surface area contributed by atoms with Crippen molar-refractivity contribution in [1.82, 2.24) is 4.90 Å². The highest BCUT2D eigenvalue weighted by atomic mass is 35.5. The topological polar surface area (TPSA) is 49.4 Å². The van der Waals surface area contributed by atoms with Gasteiger partial charge < -0.3 is 10.2 Å². The second-order valence-electron chi connectivity index (χ2n) is 6.13. The standard InChI is InChI=1S/C19H18ClF3N2O2/c1-12(2)25(18(27)13-6-5-7-14(20)10-13)11-17(26)24-16-9-4-3-8-15(16)19(21,22)23/h3-10,12H,11H2,1-2H3,(H,24,26). The highest BCUT2D eigenvalue weighted by Gasteiger charge is 2.33. The number of hydrogen-bond acceptors (Lipinski definition) is 2. The van der Waals surface area contributed by atoms with Gasteiger partial charge in [-0.1, -0.05) is 29.8 Å². The fourth-order valence-electron chi connectivity index (χ4n) is 2.46. The third kappa shape index (κ3) is 5.47. The van der Waals surface area contributed by atoms with Gasteiger partial charge in [-0.05, 0) is 44.2 Å². The largest absolute Gasteiger partial charge is 0.418 e. The fraction of sp³-hybridized carbons (Fsp3) is 0.263. The summed E-state index contributed by atoms with van der Waals surface area (Å²) in [6.07, 6.45) is -4.60. The first-order valence-corrected chi connectivity index (χ1v) is 8.50. The number of amides is 2. The number of anilines is 1. The molecule has 2 amide bonds. The summed E-state index contributed by atoms with van der Waals surface area (Å²) in [5.74, 6) is -1.16. The molecule has 0 atom stereocenters. The number of nitrogens with one attached hydrogen (secondary N) is 1. The maximum atomic E-state index is 13.0. The van der Waals surface area contributed by atoms with Crippen molar-refractivity contribution in [2.24, 2.45) is 0 Å². The van der Waals surface area contributed by atoms with Crippen molar-refractivity contribution in [3.8, 4) is 0 Å². The molecule has 1 N–H and O–H groups in total. The second kappa shape index (κ2) is 8.43. The Bertz CT molecular complexity index is 838. The van der Waals surface area contributed by atoms with Gasteiger partial charge in [0.15, 0.2) is 0 Å². The molecule has 0 heterocycles. The van der Waals surface area contributed by atoms with Crippen molar-refractivity contribution in [3.63, 3.8) is 0 Å². The van der Waals surface area contributed by atoms with Crippen LogP contribution >= 0.6 is 11.6 Å². The van der Waals surface area contributed by atoms with E-state index < -0.39 is 30.1 Å². The van der Waals surface area contributed by atoms with Crippen LogP contribution in [0.25, 0.3) is 0 Å². The van der Waals surface area contributed by atoms with Crippen LogP contribution in [0, 0.1) is 0 Å². The highest BCUT2D eigenvalue weighted by molar-refractivity contribution is 6.31. The summed E-state index contributed by atoms with van der Waals surface area (Å²) in [7, 11) is 0. The molecule has 0 saturated heterocycles. The van der Waals surface area contributed by atoms with Crippen molar-refractivity contribution in [2.75, 3.05) is 11.9 Å². The fourth-order valence-corrected chi connectivity index (χ4v) is 2.65. The lowest BCUT2D eigenvalue weighted by Gasteiger charge is -2.26. The Morgan fingerprint density at radius 3 is 2.37 bits per heavy atom. The summed E-state index contributed by atoms with van der Waals surface area (Å²) in [6.45, 7) is 3.02. The van der Waals surface area contributed by atoms with Gasteiger partial charge in [-0.2, -0.15) is 13.2 Å².